The highest BCUT2D eigenvalue weighted by Gasteiger charge is 2.25. The maximum atomic E-state index is 11.3. The predicted octanol–water partition coefficient (Wildman–Crippen LogP) is 0.856. The van der Waals surface area contributed by atoms with Crippen LogP contribution in [0.3, 0.4) is 0 Å². The standard InChI is InChI=1S/C8H12N2O2S2/c9-8-7(14(10,11)12)5-3-1-2-4-6(5)13-8/h1-4,9H2,(H2,10,11,12). The fraction of sp³-hybridized carbons (Fsp3) is 0.500. The van der Waals surface area contributed by atoms with Crippen molar-refractivity contribution in [3.8, 4) is 0 Å². The first-order valence-electron chi connectivity index (χ1n) is 4.43. The number of nitrogen functional groups attached to an aromatic ring is 1. The maximum absolute atomic E-state index is 11.3. The Labute approximate surface area is 87.0 Å². The van der Waals surface area contributed by atoms with Crippen LogP contribution in [0.4, 0.5) is 5.00 Å². The van der Waals surface area contributed by atoms with Crippen molar-refractivity contribution < 1.29 is 8.42 Å². The molecule has 1 aliphatic rings. The van der Waals surface area contributed by atoms with Gasteiger partial charge in [-0.2, -0.15) is 0 Å². The molecule has 4 nitrogen and oxygen atoms in total. The Bertz CT molecular complexity index is 462. The lowest BCUT2D eigenvalue weighted by Gasteiger charge is -2.11. The summed E-state index contributed by atoms with van der Waals surface area (Å²) >= 11 is 1.36. The van der Waals surface area contributed by atoms with Crippen LogP contribution in [0.5, 0.6) is 0 Å². The molecular formula is C8H12N2O2S2. The molecule has 78 valence electrons. The molecular weight excluding hydrogens is 220 g/mol. The molecule has 0 unspecified atom stereocenters. The number of hydrogen-bond donors (Lipinski definition) is 2. The second kappa shape index (κ2) is 3.22. The normalized spacial score (nSPS) is 16.6. The first kappa shape index (κ1) is 9.95. The average molecular weight is 232 g/mol. The number of nitrogens with two attached hydrogens (primary N) is 2. The molecule has 1 aromatic heterocycles. The summed E-state index contributed by atoms with van der Waals surface area (Å²) in [5.74, 6) is 0. The van der Waals surface area contributed by atoms with E-state index in [-0.39, 0.29) is 4.90 Å². The number of aryl methyl sites for hydroxylation is 1. The van der Waals surface area contributed by atoms with E-state index in [4.69, 9.17) is 10.9 Å². The third kappa shape index (κ3) is 1.53. The molecule has 0 aliphatic heterocycles. The second-order valence-corrected chi connectivity index (χ2v) is 6.08. The Morgan fingerprint density at radius 2 is 1.86 bits per heavy atom. The Kier molecular flexibility index (Phi) is 2.29. The van der Waals surface area contributed by atoms with Crippen molar-refractivity contribution in [2.75, 3.05) is 5.73 Å². The molecule has 0 radical (unpaired) electrons. The Hall–Kier alpha value is -0.590. The zero-order valence-electron chi connectivity index (χ0n) is 7.62. The highest BCUT2D eigenvalue weighted by atomic mass is 32.2. The molecule has 6 heteroatoms. The average Bonchev–Trinajstić information content (AvgIpc) is 2.38. The molecule has 1 aliphatic carbocycles. The minimum absolute atomic E-state index is 0.178. The topological polar surface area (TPSA) is 86.2 Å². The summed E-state index contributed by atoms with van der Waals surface area (Å²) in [6.07, 6.45) is 3.84. The van der Waals surface area contributed by atoms with Crippen LogP contribution >= 0.6 is 11.3 Å². The van der Waals surface area contributed by atoms with Crippen molar-refractivity contribution in [1.82, 2.24) is 0 Å². The van der Waals surface area contributed by atoms with Gasteiger partial charge in [0.2, 0.25) is 10.0 Å². The molecule has 0 saturated heterocycles. The van der Waals surface area contributed by atoms with E-state index < -0.39 is 10.0 Å². The van der Waals surface area contributed by atoms with E-state index in [1.807, 2.05) is 0 Å². The van der Waals surface area contributed by atoms with Gasteiger partial charge in [-0.05, 0) is 31.2 Å². The Balaban J connectivity index is 2.65. The Morgan fingerprint density at radius 1 is 1.21 bits per heavy atom. The number of fused-ring (bicyclic) bond motifs is 1. The van der Waals surface area contributed by atoms with E-state index in [0.29, 0.717) is 5.00 Å². The van der Waals surface area contributed by atoms with Gasteiger partial charge in [0, 0.05) is 4.88 Å². The van der Waals surface area contributed by atoms with Gasteiger partial charge < -0.3 is 5.73 Å². The van der Waals surface area contributed by atoms with Gasteiger partial charge in [0.25, 0.3) is 0 Å². The third-order valence-electron chi connectivity index (χ3n) is 2.43. The van der Waals surface area contributed by atoms with Gasteiger partial charge in [0.1, 0.15) is 9.90 Å². The molecule has 0 amide bonds. The zero-order valence-corrected chi connectivity index (χ0v) is 9.25. The van der Waals surface area contributed by atoms with Gasteiger partial charge in [0.05, 0.1) is 0 Å². The lowest BCUT2D eigenvalue weighted by Crippen LogP contribution is -2.16. The third-order valence-corrected chi connectivity index (χ3v) is 4.72. The number of rotatable bonds is 1. The van der Waals surface area contributed by atoms with Gasteiger partial charge in [-0.1, -0.05) is 0 Å². The zero-order chi connectivity index (χ0) is 10.3. The molecule has 1 aromatic rings. The quantitative estimate of drug-likeness (QED) is 0.752. The summed E-state index contributed by atoms with van der Waals surface area (Å²) in [6.45, 7) is 0. The van der Waals surface area contributed by atoms with Crippen LogP contribution in [-0.4, -0.2) is 8.42 Å². The smallest absolute Gasteiger partial charge is 0.241 e. The summed E-state index contributed by atoms with van der Waals surface area (Å²) in [5, 5.41) is 5.47. The van der Waals surface area contributed by atoms with Crippen LogP contribution < -0.4 is 10.9 Å². The Morgan fingerprint density at radius 3 is 2.50 bits per heavy atom. The summed E-state index contributed by atoms with van der Waals surface area (Å²) in [7, 11) is -3.65. The minimum Gasteiger partial charge on any atom is -0.389 e. The minimum atomic E-state index is -3.65. The highest BCUT2D eigenvalue weighted by Crippen LogP contribution is 2.38. The van der Waals surface area contributed by atoms with Crippen molar-refractivity contribution in [2.45, 2.75) is 30.6 Å². The lowest BCUT2D eigenvalue weighted by molar-refractivity contribution is 0.595. The van der Waals surface area contributed by atoms with Crippen LogP contribution in [0.2, 0.25) is 0 Å². The SMILES string of the molecule is Nc1sc2c(c1S(N)(=O)=O)CCCC2. The summed E-state index contributed by atoms with van der Waals surface area (Å²) in [6, 6.07) is 0. The maximum Gasteiger partial charge on any atom is 0.241 e. The molecule has 4 N–H and O–H groups in total. The van der Waals surface area contributed by atoms with Gasteiger partial charge >= 0.3 is 0 Å². The van der Waals surface area contributed by atoms with E-state index >= 15 is 0 Å². The molecule has 0 spiro atoms. The van der Waals surface area contributed by atoms with Crippen molar-refractivity contribution >= 4 is 26.4 Å². The summed E-state index contributed by atoms with van der Waals surface area (Å²) in [4.78, 5) is 1.27. The monoisotopic (exact) mass is 232 g/mol. The van der Waals surface area contributed by atoms with Crippen molar-refractivity contribution in [1.29, 1.82) is 0 Å². The number of primary sulfonamides is 1. The second-order valence-electron chi connectivity index (χ2n) is 3.45. The van der Waals surface area contributed by atoms with Crippen molar-refractivity contribution in [3.05, 3.63) is 10.4 Å². The van der Waals surface area contributed by atoms with Crippen molar-refractivity contribution in [2.24, 2.45) is 5.14 Å². The van der Waals surface area contributed by atoms with Crippen LogP contribution in [0.15, 0.2) is 4.90 Å². The number of anilines is 1. The molecule has 2 rings (SSSR count). The first-order chi connectivity index (χ1) is 6.50. The molecule has 0 atom stereocenters. The summed E-state index contributed by atoms with van der Waals surface area (Å²) < 4.78 is 22.6. The first-order valence-corrected chi connectivity index (χ1v) is 6.79. The molecule has 0 aromatic carbocycles. The highest BCUT2D eigenvalue weighted by molar-refractivity contribution is 7.89. The fourth-order valence-electron chi connectivity index (χ4n) is 1.87. The van der Waals surface area contributed by atoms with E-state index in [0.717, 1.165) is 36.1 Å². The van der Waals surface area contributed by atoms with E-state index in [9.17, 15) is 8.42 Å². The van der Waals surface area contributed by atoms with Gasteiger partial charge in [-0.25, -0.2) is 13.6 Å². The number of sulfonamides is 1. The number of thiophene rings is 1. The molecule has 0 saturated carbocycles. The largest absolute Gasteiger partial charge is 0.389 e. The van der Waals surface area contributed by atoms with Crippen LogP contribution in [0.1, 0.15) is 23.3 Å². The van der Waals surface area contributed by atoms with Gasteiger partial charge in [-0.15, -0.1) is 11.3 Å². The van der Waals surface area contributed by atoms with Crippen LogP contribution in [0, 0.1) is 0 Å². The van der Waals surface area contributed by atoms with Crippen LogP contribution in [0.25, 0.3) is 0 Å². The van der Waals surface area contributed by atoms with Crippen LogP contribution in [-0.2, 0) is 22.9 Å². The molecule has 0 bridgehead atoms. The van der Waals surface area contributed by atoms with E-state index in [1.165, 1.54) is 11.3 Å². The van der Waals surface area contributed by atoms with Crippen molar-refractivity contribution in [3.63, 3.8) is 0 Å². The van der Waals surface area contributed by atoms with Gasteiger partial charge in [0.15, 0.2) is 0 Å². The van der Waals surface area contributed by atoms with E-state index in [2.05, 4.69) is 0 Å². The number of hydrogen-bond acceptors (Lipinski definition) is 4. The van der Waals surface area contributed by atoms with Gasteiger partial charge in [-0.3, -0.25) is 0 Å². The fourth-order valence-corrected chi connectivity index (χ4v) is 4.31. The van der Waals surface area contributed by atoms with E-state index in [1.54, 1.807) is 0 Å². The predicted molar refractivity (Wildman–Crippen MR) is 56.7 cm³/mol. The molecule has 14 heavy (non-hydrogen) atoms. The summed E-state index contributed by atoms with van der Waals surface area (Å²) in [5.41, 5.74) is 6.53. The lowest BCUT2D eigenvalue weighted by atomic mass is 9.99. The molecule has 0 fully saturated rings. The molecule has 1 heterocycles.